The largest absolute Gasteiger partial charge is 0.414 e. The Morgan fingerprint density at radius 1 is 0.857 bits per heavy atom. The number of alkyl halides is 8. The third-order valence-electron chi connectivity index (χ3n) is 1.78. The summed E-state index contributed by atoms with van der Waals surface area (Å²) < 4.78 is 105. The molecule has 11 heteroatoms. The minimum atomic E-state index is -4.83. The van der Waals surface area contributed by atoms with Gasteiger partial charge in [0.1, 0.15) is 6.42 Å². The first-order valence-electron chi connectivity index (χ1n) is 5.22. The molecule has 0 rings (SSSR count). The van der Waals surface area contributed by atoms with Crippen LogP contribution in [0.1, 0.15) is 6.42 Å². The van der Waals surface area contributed by atoms with Gasteiger partial charge < -0.3 is 4.90 Å². The Balaban J connectivity index is 0. The quantitative estimate of drug-likeness (QED) is 0.568. The first-order chi connectivity index (χ1) is 8.98. The van der Waals surface area contributed by atoms with Gasteiger partial charge in [-0.25, -0.2) is 0 Å². The topological polar surface area (TPSA) is 6.48 Å². The third-order valence-corrected chi connectivity index (χ3v) is 1.78. The van der Waals surface area contributed by atoms with E-state index in [1.54, 1.807) is 0 Å². The predicted octanol–water partition coefficient (Wildman–Crippen LogP) is 4.01. The lowest BCUT2D eigenvalue weighted by molar-refractivity contribution is -0.227. The summed E-state index contributed by atoms with van der Waals surface area (Å²) in [7, 11) is 4.17. The molecular weight excluding hydrogens is 319 g/mol. The van der Waals surface area contributed by atoms with Crippen LogP contribution in [-0.4, -0.2) is 56.4 Å². The summed E-state index contributed by atoms with van der Waals surface area (Å²) in [6.07, 6.45) is -11.9. The maximum atomic E-state index is 12.2. The van der Waals surface area contributed by atoms with Gasteiger partial charge in [-0.2, -0.15) is 39.5 Å². The van der Waals surface area contributed by atoms with Crippen LogP contribution in [0, 0.1) is 0 Å². The van der Waals surface area contributed by atoms with Gasteiger partial charge in [-0.15, -0.1) is 0 Å². The molecule has 0 aliphatic rings. The molecule has 0 radical (unpaired) electrons. The van der Waals surface area contributed by atoms with Crippen LogP contribution in [0.25, 0.3) is 0 Å². The highest BCUT2D eigenvalue weighted by Gasteiger charge is 2.45. The Hall–Kier alpha value is -1.13. The lowest BCUT2D eigenvalue weighted by atomic mass is 10.3. The molecule has 0 fully saturated rings. The van der Waals surface area contributed by atoms with E-state index in [1.807, 2.05) is 0 Å². The van der Waals surface area contributed by atoms with Crippen molar-refractivity contribution in [2.45, 2.75) is 24.8 Å². The second-order valence-corrected chi connectivity index (χ2v) is 4.26. The van der Waals surface area contributed by atoms with E-state index in [0.717, 1.165) is 19.0 Å². The SMILES string of the molecule is CN(C)/C(F)=C/C(F)(F)F.CN(C)C(F)(F)CC(F)(F)F. The van der Waals surface area contributed by atoms with Crippen molar-refractivity contribution in [3.05, 3.63) is 12.0 Å². The Bertz CT molecular complexity index is 328. The molecule has 0 bridgehead atoms. The van der Waals surface area contributed by atoms with Crippen molar-refractivity contribution in [2.24, 2.45) is 0 Å². The van der Waals surface area contributed by atoms with Gasteiger partial charge in [0.2, 0.25) is 0 Å². The van der Waals surface area contributed by atoms with Gasteiger partial charge in [0.05, 0.1) is 6.08 Å². The van der Waals surface area contributed by atoms with Gasteiger partial charge in [-0.3, -0.25) is 4.90 Å². The highest BCUT2D eigenvalue weighted by Crippen LogP contribution is 2.32. The molecule has 0 unspecified atom stereocenters. The summed E-state index contributed by atoms with van der Waals surface area (Å²) >= 11 is 0. The first kappa shape index (κ1) is 22.2. The maximum absolute atomic E-state index is 12.2. The zero-order valence-corrected chi connectivity index (χ0v) is 11.6. The molecule has 21 heavy (non-hydrogen) atoms. The summed E-state index contributed by atoms with van der Waals surface area (Å²) in [5.74, 6) is -1.30. The molecule has 0 atom stereocenters. The van der Waals surface area contributed by atoms with Crippen molar-refractivity contribution in [2.75, 3.05) is 28.2 Å². The average molecular weight is 334 g/mol. The van der Waals surface area contributed by atoms with Crippen LogP contribution in [0.15, 0.2) is 12.0 Å². The van der Waals surface area contributed by atoms with E-state index in [0.29, 0.717) is 0 Å². The van der Waals surface area contributed by atoms with Gasteiger partial charge in [-0.05, 0) is 14.1 Å². The molecule has 0 amide bonds. The molecule has 0 aromatic carbocycles. The fraction of sp³-hybridized carbons (Fsp3) is 0.800. The maximum Gasteiger partial charge on any atom is 0.414 e. The lowest BCUT2D eigenvalue weighted by Gasteiger charge is -2.24. The summed E-state index contributed by atoms with van der Waals surface area (Å²) in [6.45, 7) is 0. The predicted molar refractivity (Wildman–Crippen MR) is 58.2 cm³/mol. The number of rotatable bonds is 3. The second kappa shape index (κ2) is 7.76. The highest BCUT2D eigenvalue weighted by atomic mass is 19.4. The number of halogens is 9. The average Bonchev–Trinajstić information content (AvgIpc) is 2.11. The minimum absolute atomic E-state index is 0.237. The number of hydrogen-bond donors (Lipinski definition) is 0. The molecule has 0 aromatic heterocycles. The molecule has 2 nitrogen and oxygen atoms in total. The van der Waals surface area contributed by atoms with Gasteiger partial charge >= 0.3 is 18.4 Å². The monoisotopic (exact) mass is 334 g/mol. The Labute approximate surface area is 115 Å². The van der Waals surface area contributed by atoms with Gasteiger partial charge in [0.25, 0.3) is 0 Å². The van der Waals surface area contributed by atoms with E-state index in [-0.39, 0.29) is 4.90 Å². The van der Waals surface area contributed by atoms with Crippen molar-refractivity contribution < 1.29 is 39.5 Å². The molecule has 0 spiro atoms. The number of allylic oxidation sites excluding steroid dienone is 1. The normalized spacial score (nSPS) is 13.9. The molecule has 0 aliphatic heterocycles. The molecule has 0 heterocycles. The van der Waals surface area contributed by atoms with Crippen LogP contribution in [0.3, 0.4) is 0 Å². The minimum Gasteiger partial charge on any atom is -0.355 e. The first-order valence-corrected chi connectivity index (χ1v) is 5.22. The van der Waals surface area contributed by atoms with Crippen LogP contribution in [0.2, 0.25) is 0 Å². The van der Waals surface area contributed by atoms with Gasteiger partial charge in [0.15, 0.2) is 5.95 Å². The van der Waals surface area contributed by atoms with E-state index in [1.165, 1.54) is 14.1 Å². The molecule has 0 saturated carbocycles. The Kier molecular flexibility index (Phi) is 8.19. The van der Waals surface area contributed by atoms with Crippen molar-refractivity contribution in [3.63, 3.8) is 0 Å². The van der Waals surface area contributed by atoms with E-state index in [9.17, 15) is 39.5 Å². The fourth-order valence-corrected chi connectivity index (χ4v) is 0.663. The molecule has 128 valence electrons. The van der Waals surface area contributed by atoms with E-state index < -0.39 is 36.8 Å². The molecular formula is C10H15F9N2. The summed E-state index contributed by atoms with van der Waals surface area (Å²) in [5, 5.41) is 0. The van der Waals surface area contributed by atoms with Crippen LogP contribution >= 0.6 is 0 Å². The Morgan fingerprint density at radius 2 is 1.24 bits per heavy atom. The highest BCUT2D eigenvalue weighted by molar-refractivity contribution is 4.94. The zero-order valence-electron chi connectivity index (χ0n) is 11.6. The second-order valence-electron chi connectivity index (χ2n) is 4.26. The van der Waals surface area contributed by atoms with Crippen LogP contribution in [0.4, 0.5) is 39.5 Å². The Morgan fingerprint density at radius 3 is 1.33 bits per heavy atom. The number of hydrogen-bond acceptors (Lipinski definition) is 2. The van der Waals surface area contributed by atoms with Gasteiger partial charge in [-0.1, -0.05) is 0 Å². The molecule has 0 saturated heterocycles. The van der Waals surface area contributed by atoms with E-state index in [4.69, 9.17) is 0 Å². The zero-order chi connectivity index (χ0) is 17.6. The third kappa shape index (κ3) is 13.6. The van der Waals surface area contributed by atoms with Gasteiger partial charge in [0, 0.05) is 14.1 Å². The van der Waals surface area contributed by atoms with Crippen LogP contribution < -0.4 is 0 Å². The van der Waals surface area contributed by atoms with E-state index in [2.05, 4.69) is 0 Å². The molecule has 0 N–H and O–H groups in total. The van der Waals surface area contributed by atoms with Crippen molar-refractivity contribution in [1.29, 1.82) is 0 Å². The smallest absolute Gasteiger partial charge is 0.355 e. The number of nitrogens with zero attached hydrogens (tertiary/aromatic N) is 2. The van der Waals surface area contributed by atoms with E-state index >= 15 is 0 Å². The van der Waals surface area contributed by atoms with Crippen molar-refractivity contribution in [1.82, 2.24) is 9.80 Å². The van der Waals surface area contributed by atoms with Crippen molar-refractivity contribution in [3.8, 4) is 0 Å². The van der Waals surface area contributed by atoms with Crippen LogP contribution in [-0.2, 0) is 0 Å². The van der Waals surface area contributed by atoms with Crippen LogP contribution in [0.5, 0.6) is 0 Å². The standard InChI is InChI=1S/C5H8F5N.C5H7F4N/c1-11(2)5(9,10)3-4(6,7)8;1-10(2)4(6)3-5(7,8)9/h3H2,1-2H3;3H,1-2H3/b;4-3+. The lowest BCUT2D eigenvalue weighted by Crippen LogP contribution is -2.39. The van der Waals surface area contributed by atoms with Crippen molar-refractivity contribution >= 4 is 0 Å². The summed E-state index contributed by atoms with van der Waals surface area (Å²) in [5.41, 5.74) is 0. The fourth-order valence-electron chi connectivity index (χ4n) is 0.663. The molecule has 0 aliphatic carbocycles. The molecule has 0 aromatic rings. The summed E-state index contributed by atoms with van der Waals surface area (Å²) in [4.78, 5) is 0.980. The summed E-state index contributed by atoms with van der Waals surface area (Å²) in [6, 6.07) is -3.81.